The van der Waals surface area contributed by atoms with Crippen LogP contribution in [0.3, 0.4) is 0 Å². The largest absolute Gasteiger partial charge is 0.491 e. The average molecular weight is 276 g/mol. The number of aliphatic hydroxyl groups excluding tert-OH is 1. The molecule has 108 valence electrons. The minimum absolute atomic E-state index is 0.271. The minimum Gasteiger partial charge on any atom is -0.491 e. The average Bonchev–Trinajstić information content (AvgIpc) is 2.83. The van der Waals surface area contributed by atoms with Gasteiger partial charge in [-0.1, -0.05) is 18.2 Å². The highest BCUT2D eigenvalue weighted by Gasteiger charge is 2.11. The number of aliphatic hydroxyl groups is 1. The van der Waals surface area contributed by atoms with Crippen molar-refractivity contribution in [3.63, 3.8) is 0 Å². The van der Waals surface area contributed by atoms with Gasteiger partial charge in [-0.15, -0.1) is 0 Å². The van der Waals surface area contributed by atoms with Crippen LogP contribution >= 0.6 is 0 Å². The fourth-order valence-electron chi connectivity index (χ4n) is 1.89. The molecule has 0 fully saturated rings. The van der Waals surface area contributed by atoms with Crippen LogP contribution in [0.1, 0.15) is 5.82 Å². The van der Waals surface area contributed by atoms with Gasteiger partial charge in [0.1, 0.15) is 30.6 Å². The van der Waals surface area contributed by atoms with Gasteiger partial charge in [-0.3, -0.25) is 9.58 Å². The Morgan fingerprint density at radius 1 is 1.35 bits per heavy atom. The molecule has 1 atom stereocenters. The Hall–Kier alpha value is -1.92. The Bertz CT molecular complexity index is 515. The van der Waals surface area contributed by atoms with Crippen LogP contribution in [0.2, 0.25) is 0 Å². The maximum absolute atomic E-state index is 9.97. The molecule has 0 amide bonds. The third-order valence-corrected chi connectivity index (χ3v) is 2.92. The molecule has 1 aromatic carbocycles. The van der Waals surface area contributed by atoms with Crippen molar-refractivity contribution in [1.82, 2.24) is 19.7 Å². The van der Waals surface area contributed by atoms with Crippen molar-refractivity contribution in [2.24, 2.45) is 7.05 Å². The summed E-state index contributed by atoms with van der Waals surface area (Å²) in [6.45, 7) is 1.42. The maximum Gasteiger partial charge on any atom is 0.140 e. The lowest BCUT2D eigenvalue weighted by Gasteiger charge is -2.20. The van der Waals surface area contributed by atoms with Crippen LogP contribution in [0.25, 0.3) is 0 Å². The fraction of sp³-hybridized carbons (Fsp3) is 0.429. The third kappa shape index (κ3) is 4.32. The van der Waals surface area contributed by atoms with E-state index in [0.29, 0.717) is 13.1 Å². The van der Waals surface area contributed by atoms with Gasteiger partial charge in [-0.05, 0) is 19.2 Å². The molecule has 0 saturated heterocycles. The number of aryl methyl sites for hydroxylation is 1. The number of ether oxygens (including phenoxy) is 1. The first-order valence-electron chi connectivity index (χ1n) is 6.52. The highest BCUT2D eigenvalue weighted by atomic mass is 16.5. The maximum atomic E-state index is 9.97. The molecular formula is C14H20N4O2. The summed E-state index contributed by atoms with van der Waals surface area (Å²) in [7, 11) is 3.78. The van der Waals surface area contributed by atoms with Gasteiger partial charge in [-0.2, -0.15) is 5.10 Å². The van der Waals surface area contributed by atoms with Crippen molar-refractivity contribution in [1.29, 1.82) is 0 Å². The smallest absolute Gasteiger partial charge is 0.140 e. The molecule has 1 aromatic heterocycles. The molecule has 0 bridgehead atoms. The number of para-hydroxylation sites is 1. The molecule has 0 spiro atoms. The normalized spacial score (nSPS) is 12.6. The minimum atomic E-state index is -0.548. The standard InChI is InChI=1S/C14H20N4O2/c1-17(9-14-15-11-16-18(14)2)8-12(19)10-20-13-6-4-3-5-7-13/h3-7,11-12,19H,8-10H2,1-2H3. The molecule has 6 heteroatoms. The van der Waals surface area contributed by atoms with Crippen LogP contribution < -0.4 is 4.74 Å². The summed E-state index contributed by atoms with van der Waals surface area (Å²) in [4.78, 5) is 6.14. The van der Waals surface area contributed by atoms with E-state index < -0.39 is 6.10 Å². The lowest BCUT2D eigenvalue weighted by molar-refractivity contribution is 0.0734. The summed E-state index contributed by atoms with van der Waals surface area (Å²) in [5, 5.41) is 14.0. The van der Waals surface area contributed by atoms with Crippen LogP contribution in [0.4, 0.5) is 0 Å². The van der Waals surface area contributed by atoms with Gasteiger partial charge in [-0.25, -0.2) is 4.98 Å². The zero-order valence-corrected chi connectivity index (χ0v) is 11.8. The predicted molar refractivity (Wildman–Crippen MR) is 75.3 cm³/mol. The van der Waals surface area contributed by atoms with E-state index in [4.69, 9.17) is 4.74 Å². The van der Waals surface area contributed by atoms with Crippen LogP contribution in [0, 0.1) is 0 Å². The van der Waals surface area contributed by atoms with Gasteiger partial charge in [0.2, 0.25) is 0 Å². The number of likely N-dealkylation sites (N-methyl/N-ethyl adjacent to an activating group) is 1. The second kappa shape index (κ2) is 7.02. The van der Waals surface area contributed by atoms with Crippen molar-refractivity contribution in [3.8, 4) is 5.75 Å². The van der Waals surface area contributed by atoms with E-state index in [0.717, 1.165) is 11.6 Å². The van der Waals surface area contributed by atoms with Gasteiger partial charge >= 0.3 is 0 Å². The van der Waals surface area contributed by atoms with Crippen molar-refractivity contribution in [2.45, 2.75) is 12.6 Å². The second-order valence-electron chi connectivity index (χ2n) is 4.77. The zero-order valence-electron chi connectivity index (χ0n) is 11.8. The summed E-state index contributed by atoms with van der Waals surface area (Å²) in [6.07, 6.45) is 0.978. The summed E-state index contributed by atoms with van der Waals surface area (Å²) >= 11 is 0. The molecule has 0 aliphatic heterocycles. The van der Waals surface area contributed by atoms with Gasteiger partial charge < -0.3 is 9.84 Å². The van der Waals surface area contributed by atoms with Crippen LogP contribution in [0.15, 0.2) is 36.7 Å². The molecule has 0 saturated carbocycles. The van der Waals surface area contributed by atoms with Crippen molar-refractivity contribution in [2.75, 3.05) is 20.2 Å². The predicted octanol–water partition coefficient (Wildman–Crippen LogP) is 0.687. The first kappa shape index (κ1) is 14.5. The van der Waals surface area contributed by atoms with Gasteiger partial charge in [0.05, 0.1) is 6.54 Å². The van der Waals surface area contributed by atoms with Crippen molar-refractivity contribution >= 4 is 0 Å². The molecule has 0 aliphatic carbocycles. The van der Waals surface area contributed by atoms with Crippen LogP contribution in [-0.2, 0) is 13.6 Å². The highest BCUT2D eigenvalue weighted by molar-refractivity contribution is 5.20. The fourth-order valence-corrected chi connectivity index (χ4v) is 1.89. The Labute approximate surface area is 118 Å². The number of hydrogen-bond donors (Lipinski definition) is 1. The van der Waals surface area contributed by atoms with Crippen LogP contribution in [0.5, 0.6) is 5.75 Å². The second-order valence-corrected chi connectivity index (χ2v) is 4.77. The van der Waals surface area contributed by atoms with E-state index in [1.807, 2.05) is 49.3 Å². The molecule has 1 N–H and O–H groups in total. The molecular weight excluding hydrogens is 256 g/mol. The van der Waals surface area contributed by atoms with Crippen LogP contribution in [-0.4, -0.2) is 51.1 Å². The summed E-state index contributed by atoms with van der Waals surface area (Å²) < 4.78 is 7.24. The van der Waals surface area contributed by atoms with Crippen molar-refractivity contribution in [3.05, 3.63) is 42.5 Å². The summed E-state index contributed by atoms with van der Waals surface area (Å²) in [5.74, 6) is 1.63. The molecule has 6 nitrogen and oxygen atoms in total. The monoisotopic (exact) mass is 276 g/mol. The molecule has 1 unspecified atom stereocenters. The van der Waals surface area contributed by atoms with Gasteiger partial charge in [0.15, 0.2) is 0 Å². The Morgan fingerprint density at radius 2 is 2.10 bits per heavy atom. The number of hydrogen-bond acceptors (Lipinski definition) is 5. The van der Waals surface area contributed by atoms with E-state index in [2.05, 4.69) is 10.1 Å². The quantitative estimate of drug-likeness (QED) is 0.806. The molecule has 20 heavy (non-hydrogen) atoms. The number of rotatable bonds is 7. The molecule has 2 rings (SSSR count). The van der Waals surface area contributed by atoms with E-state index in [-0.39, 0.29) is 6.61 Å². The zero-order chi connectivity index (χ0) is 14.4. The number of aromatic nitrogens is 3. The Kier molecular flexibility index (Phi) is 5.09. The SMILES string of the molecule is CN(Cc1ncnn1C)CC(O)COc1ccccc1. The molecule has 1 heterocycles. The highest BCUT2D eigenvalue weighted by Crippen LogP contribution is 2.08. The van der Waals surface area contributed by atoms with Crippen molar-refractivity contribution < 1.29 is 9.84 Å². The topological polar surface area (TPSA) is 63.4 Å². The molecule has 0 aliphatic rings. The first-order valence-corrected chi connectivity index (χ1v) is 6.52. The van der Waals surface area contributed by atoms with E-state index in [1.54, 1.807) is 4.68 Å². The Morgan fingerprint density at radius 3 is 2.75 bits per heavy atom. The van der Waals surface area contributed by atoms with E-state index in [9.17, 15) is 5.11 Å². The van der Waals surface area contributed by atoms with E-state index >= 15 is 0 Å². The molecule has 2 aromatic rings. The lowest BCUT2D eigenvalue weighted by Crippen LogP contribution is -2.33. The first-order chi connectivity index (χ1) is 9.65. The molecule has 0 radical (unpaired) electrons. The van der Waals surface area contributed by atoms with Gasteiger partial charge in [0, 0.05) is 13.6 Å². The Balaban J connectivity index is 1.74. The lowest BCUT2D eigenvalue weighted by atomic mass is 10.3. The number of benzene rings is 1. The summed E-state index contributed by atoms with van der Waals surface area (Å²) in [5.41, 5.74) is 0. The summed E-state index contributed by atoms with van der Waals surface area (Å²) in [6, 6.07) is 9.48. The number of nitrogens with zero attached hydrogens (tertiary/aromatic N) is 4. The van der Waals surface area contributed by atoms with Gasteiger partial charge in [0.25, 0.3) is 0 Å². The third-order valence-electron chi connectivity index (χ3n) is 2.92. The van der Waals surface area contributed by atoms with E-state index in [1.165, 1.54) is 6.33 Å².